The van der Waals surface area contributed by atoms with Crippen molar-refractivity contribution in [2.75, 3.05) is 119 Å². The number of ether oxygens (including phenoxy) is 10. The average molecular weight is 883 g/mol. The summed E-state index contributed by atoms with van der Waals surface area (Å²) in [6.07, 6.45) is 0.822. The molecule has 0 spiro atoms. The van der Waals surface area contributed by atoms with Gasteiger partial charge in [0.25, 0.3) is 20.2 Å². The van der Waals surface area contributed by atoms with Crippen molar-refractivity contribution in [3.05, 3.63) is 81.8 Å². The molecule has 0 aliphatic heterocycles. The molecule has 6 N–H and O–H groups in total. The van der Waals surface area contributed by atoms with E-state index in [2.05, 4.69) is 0 Å². The molecule has 0 fully saturated rings. The summed E-state index contributed by atoms with van der Waals surface area (Å²) in [6, 6.07) is 12.3. The van der Waals surface area contributed by atoms with Gasteiger partial charge in [0.05, 0.1) is 95.6 Å². The highest BCUT2D eigenvalue weighted by Crippen LogP contribution is 2.43. The van der Waals surface area contributed by atoms with Crippen molar-refractivity contribution in [3.63, 3.8) is 0 Å². The van der Waals surface area contributed by atoms with Crippen LogP contribution < -0.4 is 20.9 Å². The summed E-state index contributed by atoms with van der Waals surface area (Å²) in [5.74, 6) is -0.881. The number of anilines is 2. The van der Waals surface area contributed by atoms with Gasteiger partial charge >= 0.3 is 0 Å². The fraction of sp³-hybridized carbons (Fsp3) is 0.410. The van der Waals surface area contributed by atoms with Gasteiger partial charge in [-0.2, -0.15) is 16.8 Å². The zero-order chi connectivity index (χ0) is 43.5. The summed E-state index contributed by atoms with van der Waals surface area (Å²) in [5.41, 5.74) is 13.2. The molecule has 330 valence electrons. The van der Waals surface area contributed by atoms with Crippen LogP contribution in [0.15, 0.2) is 64.4 Å². The quantitative estimate of drug-likeness (QED) is 0.0268. The number of hydrogen-bond donors (Lipinski definition) is 4. The first-order valence-corrected chi connectivity index (χ1v) is 21.2. The van der Waals surface area contributed by atoms with Crippen molar-refractivity contribution in [1.29, 1.82) is 0 Å². The van der Waals surface area contributed by atoms with Crippen LogP contribution in [-0.2, 0) is 62.9 Å². The van der Waals surface area contributed by atoms with Crippen LogP contribution in [-0.4, -0.2) is 139 Å². The van der Waals surface area contributed by atoms with E-state index in [1.807, 2.05) is 0 Å². The maximum Gasteiger partial charge on any atom is 0.298 e. The number of nitrogen functional groups attached to an aromatic ring is 2. The fourth-order valence-corrected chi connectivity index (χ4v) is 6.65. The molecule has 0 heterocycles. The summed E-state index contributed by atoms with van der Waals surface area (Å²) in [6.45, 7) is 3.64. The number of carbonyl (C=O) groups is 1. The Balaban J connectivity index is 1.66. The van der Waals surface area contributed by atoms with Crippen LogP contribution in [0.1, 0.15) is 22.3 Å². The Bertz CT molecular complexity index is 2100. The van der Waals surface area contributed by atoms with E-state index in [0.29, 0.717) is 52.9 Å². The van der Waals surface area contributed by atoms with Crippen molar-refractivity contribution in [3.8, 4) is 11.5 Å². The van der Waals surface area contributed by atoms with Crippen LogP contribution in [0.4, 0.5) is 11.4 Å². The van der Waals surface area contributed by atoms with Gasteiger partial charge < -0.3 is 58.8 Å². The van der Waals surface area contributed by atoms with Crippen LogP contribution in [0.25, 0.3) is 17.2 Å². The highest BCUT2D eigenvalue weighted by molar-refractivity contribution is 7.91. The van der Waals surface area contributed by atoms with E-state index in [0.717, 1.165) is 18.2 Å². The minimum Gasteiger partial charge on any atom is -0.465 e. The Morgan fingerprint density at radius 3 is 1.42 bits per heavy atom. The molecule has 0 aromatic heterocycles. The van der Waals surface area contributed by atoms with Gasteiger partial charge in [-0.3, -0.25) is 13.9 Å². The number of hydrogen-bond acceptors (Lipinski definition) is 17. The number of allylic oxidation sites excluding steroid dienone is 2. The third-order valence-electron chi connectivity index (χ3n) is 8.41. The molecule has 60 heavy (non-hydrogen) atoms. The van der Waals surface area contributed by atoms with Gasteiger partial charge in [0.2, 0.25) is 5.78 Å². The highest BCUT2D eigenvalue weighted by Gasteiger charge is 2.35. The van der Waals surface area contributed by atoms with E-state index in [1.165, 1.54) is 30.3 Å². The summed E-state index contributed by atoms with van der Waals surface area (Å²) in [7, 11) is -6.80. The predicted octanol–water partition coefficient (Wildman–Crippen LogP) is 2.93. The Hall–Kier alpha value is -4.49. The molecule has 0 saturated heterocycles. The zero-order valence-corrected chi connectivity index (χ0v) is 34.8. The number of benzene rings is 3. The second-order valence-corrected chi connectivity index (χ2v) is 15.4. The second-order valence-electron chi connectivity index (χ2n) is 12.6. The number of carbonyl (C=O) groups excluding carboxylic acids is 1. The monoisotopic (exact) mass is 882 g/mol. The van der Waals surface area contributed by atoms with Gasteiger partial charge in [0.1, 0.15) is 16.4 Å². The largest absolute Gasteiger partial charge is 0.465 e. The van der Waals surface area contributed by atoms with Crippen LogP contribution >= 0.6 is 0 Å². The molecule has 0 radical (unpaired) electrons. The Morgan fingerprint density at radius 2 is 1.00 bits per heavy atom. The topological polar surface area (TPSA) is 270 Å². The van der Waals surface area contributed by atoms with Gasteiger partial charge in [-0.25, -0.2) is 0 Å². The standard InChI is InChI=1S/C39H50N2O17S2/c1-49-9-11-51-13-15-53-17-19-55-25-57-34-22-27(3-7-32(34)40)37(28-4-8-33(41)35(23-28)58-26-56-20-18-54-16-14-52-12-10-50-2)38-31-6-5-30(59(43,44)45)21-29(31)24-36(39(38)42)60(46,47)48/h3-8,21-24H,9-20,25-26,40-41H2,1-2H3,(H,43,44,45)(H,46,47,48). The summed E-state index contributed by atoms with van der Waals surface area (Å²) in [5, 5.41) is 0. The number of ketones is 1. The van der Waals surface area contributed by atoms with Gasteiger partial charge in [0, 0.05) is 25.4 Å². The van der Waals surface area contributed by atoms with Gasteiger partial charge in [-0.05, 0) is 64.7 Å². The average Bonchev–Trinajstić information content (AvgIpc) is 3.20. The maximum absolute atomic E-state index is 14.2. The zero-order valence-electron chi connectivity index (χ0n) is 33.2. The molecule has 0 atom stereocenters. The molecule has 0 amide bonds. The van der Waals surface area contributed by atoms with Crippen LogP contribution in [0.2, 0.25) is 0 Å². The van der Waals surface area contributed by atoms with E-state index in [-0.39, 0.29) is 96.3 Å². The van der Waals surface area contributed by atoms with Crippen LogP contribution in [0, 0.1) is 0 Å². The molecule has 1 aliphatic carbocycles. The third-order valence-corrected chi connectivity index (χ3v) is 10.1. The summed E-state index contributed by atoms with van der Waals surface area (Å²) < 4.78 is 124. The smallest absolute Gasteiger partial charge is 0.298 e. The lowest BCUT2D eigenvalue weighted by Crippen LogP contribution is -2.20. The van der Waals surface area contributed by atoms with Crippen molar-refractivity contribution >= 4 is 54.6 Å². The normalized spacial score (nSPS) is 13.0. The molecule has 21 heteroatoms. The van der Waals surface area contributed by atoms with E-state index >= 15 is 0 Å². The molecule has 3 aromatic rings. The molecule has 4 rings (SSSR count). The number of nitrogens with two attached hydrogens (primary N) is 2. The fourth-order valence-electron chi connectivity index (χ4n) is 5.52. The first kappa shape index (κ1) is 48.2. The molecule has 0 saturated carbocycles. The molecular formula is C39H50N2O17S2. The number of rotatable bonds is 28. The first-order valence-electron chi connectivity index (χ1n) is 18.4. The maximum atomic E-state index is 14.2. The van der Waals surface area contributed by atoms with Crippen LogP contribution in [0.3, 0.4) is 0 Å². The molecular weight excluding hydrogens is 833 g/mol. The van der Waals surface area contributed by atoms with E-state index < -0.39 is 35.8 Å². The minimum absolute atomic E-state index is 0.0632. The van der Waals surface area contributed by atoms with Crippen LogP contribution in [0.5, 0.6) is 11.5 Å². The number of methoxy groups -OCH3 is 2. The molecule has 1 aliphatic rings. The first-order chi connectivity index (χ1) is 28.8. The lowest BCUT2D eigenvalue weighted by molar-refractivity contribution is -0.109. The minimum atomic E-state index is -5.19. The molecule has 0 unspecified atom stereocenters. The lowest BCUT2D eigenvalue weighted by Gasteiger charge is -2.23. The summed E-state index contributed by atoms with van der Waals surface area (Å²) >= 11 is 0. The van der Waals surface area contributed by atoms with Crippen molar-refractivity contribution in [2.45, 2.75) is 4.90 Å². The van der Waals surface area contributed by atoms with Gasteiger partial charge in [-0.15, -0.1) is 0 Å². The SMILES string of the molecule is COCCOCCOCCOCOc1cc(C(=C2C(=O)C(S(=O)(=O)O)=Cc3cc(S(=O)(=O)O)ccc32)c2ccc(N)c(OCOCCOCCOCCOC)c2)ccc1N. The Labute approximate surface area is 348 Å². The van der Waals surface area contributed by atoms with Crippen molar-refractivity contribution in [1.82, 2.24) is 0 Å². The molecule has 3 aromatic carbocycles. The molecule has 0 bridgehead atoms. The van der Waals surface area contributed by atoms with Crippen molar-refractivity contribution < 1.29 is 78.1 Å². The highest BCUT2D eigenvalue weighted by atomic mass is 32.2. The van der Waals surface area contributed by atoms with E-state index in [4.69, 9.17) is 58.8 Å². The second kappa shape index (κ2) is 24.1. The Kier molecular flexibility index (Phi) is 19.3. The lowest BCUT2D eigenvalue weighted by atomic mass is 9.82. The number of fused-ring (bicyclic) bond motifs is 1. The van der Waals surface area contributed by atoms with Gasteiger partial charge in [0.15, 0.2) is 13.6 Å². The van der Waals surface area contributed by atoms with Crippen molar-refractivity contribution in [2.24, 2.45) is 0 Å². The van der Waals surface area contributed by atoms with E-state index in [1.54, 1.807) is 26.4 Å². The van der Waals surface area contributed by atoms with E-state index in [9.17, 15) is 30.7 Å². The third kappa shape index (κ3) is 14.6. The van der Waals surface area contributed by atoms with Gasteiger partial charge in [-0.1, -0.05) is 18.2 Å². The Morgan fingerprint density at radius 1 is 0.567 bits per heavy atom. The number of Topliss-reactive ketones (excluding diaryl/α,β-unsaturated/α-hetero) is 1. The summed E-state index contributed by atoms with van der Waals surface area (Å²) in [4.78, 5) is 12.6. The molecule has 19 nitrogen and oxygen atoms in total. The predicted molar refractivity (Wildman–Crippen MR) is 218 cm³/mol.